The van der Waals surface area contributed by atoms with Gasteiger partial charge in [0.2, 0.25) is 0 Å². The third-order valence-electron chi connectivity index (χ3n) is 3.90. The lowest BCUT2D eigenvalue weighted by Crippen LogP contribution is -2.38. The van der Waals surface area contributed by atoms with Gasteiger partial charge in [0.25, 0.3) is 0 Å². The molecule has 5 heteroatoms. The summed E-state index contributed by atoms with van der Waals surface area (Å²) in [5.41, 5.74) is 2.27. The van der Waals surface area contributed by atoms with Crippen LogP contribution in [0, 0.1) is 0 Å². The lowest BCUT2D eigenvalue weighted by atomic mass is 10.1. The Morgan fingerprint density at radius 2 is 1.42 bits per heavy atom. The second kappa shape index (κ2) is 8.55. The normalized spacial score (nSPS) is 12.8. The van der Waals surface area contributed by atoms with Gasteiger partial charge in [0.1, 0.15) is 0 Å². The first-order chi connectivity index (χ1) is 11.5. The molecule has 0 spiro atoms. The van der Waals surface area contributed by atoms with Gasteiger partial charge < -0.3 is 20.1 Å². The van der Waals surface area contributed by atoms with E-state index in [0.29, 0.717) is 16.6 Å². The smallest absolute Gasteiger partial charge is 0.167 e. The third kappa shape index (κ3) is 4.61. The second-order valence-electron chi connectivity index (χ2n) is 5.59. The van der Waals surface area contributed by atoms with Crippen LogP contribution in [0.15, 0.2) is 48.5 Å². The van der Waals surface area contributed by atoms with Crippen molar-refractivity contribution in [3.8, 4) is 11.5 Å². The Morgan fingerprint density at radius 3 is 2.00 bits per heavy atom. The molecule has 2 N–H and O–H groups in total. The van der Waals surface area contributed by atoms with Gasteiger partial charge in [-0.05, 0) is 49.3 Å². The lowest BCUT2D eigenvalue weighted by Gasteiger charge is -2.21. The van der Waals surface area contributed by atoms with E-state index in [4.69, 9.17) is 21.7 Å². The minimum atomic E-state index is 0.0489. The molecule has 24 heavy (non-hydrogen) atoms. The molecule has 0 heterocycles. The van der Waals surface area contributed by atoms with Crippen molar-refractivity contribution in [1.82, 2.24) is 10.6 Å². The van der Waals surface area contributed by atoms with Crippen molar-refractivity contribution in [2.45, 2.75) is 25.9 Å². The highest BCUT2D eigenvalue weighted by Crippen LogP contribution is 2.29. The molecule has 0 saturated carbocycles. The van der Waals surface area contributed by atoms with Crippen molar-refractivity contribution in [3.63, 3.8) is 0 Å². The molecule has 0 aromatic heterocycles. The van der Waals surface area contributed by atoms with Gasteiger partial charge in [-0.1, -0.05) is 36.4 Å². The summed E-state index contributed by atoms with van der Waals surface area (Å²) < 4.78 is 10.6. The van der Waals surface area contributed by atoms with Gasteiger partial charge in [-0.2, -0.15) is 0 Å². The van der Waals surface area contributed by atoms with E-state index >= 15 is 0 Å². The van der Waals surface area contributed by atoms with E-state index in [0.717, 1.165) is 5.56 Å². The number of hydrogen-bond acceptors (Lipinski definition) is 3. The van der Waals surface area contributed by atoms with E-state index in [1.54, 1.807) is 14.2 Å². The molecule has 0 saturated heterocycles. The number of benzene rings is 2. The Bertz CT molecular complexity index is 676. The van der Waals surface area contributed by atoms with Crippen LogP contribution in [-0.4, -0.2) is 19.3 Å². The molecule has 0 aliphatic heterocycles. The Balaban J connectivity index is 1.98. The highest BCUT2D eigenvalue weighted by atomic mass is 32.1. The van der Waals surface area contributed by atoms with E-state index in [1.807, 2.05) is 36.4 Å². The predicted octanol–water partition coefficient (Wildman–Crippen LogP) is 3.99. The van der Waals surface area contributed by atoms with Crippen LogP contribution >= 0.6 is 12.2 Å². The molecule has 2 atom stereocenters. The van der Waals surface area contributed by atoms with Crippen LogP contribution in [0.25, 0.3) is 0 Å². The maximum atomic E-state index is 5.44. The average Bonchev–Trinajstić information content (AvgIpc) is 2.61. The van der Waals surface area contributed by atoms with Crippen LogP contribution < -0.4 is 20.1 Å². The zero-order valence-corrected chi connectivity index (χ0v) is 15.3. The highest BCUT2D eigenvalue weighted by molar-refractivity contribution is 7.80. The average molecular weight is 344 g/mol. The van der Waals surface area contributed by atoms with Crippen molar-refractivity contribution in [1.29, 1.82) is 0 Å². The standard InChI is InChI=1S/C19H24N2O2S/c1-13(15-8-6-5-7-9-15)20-19(24)21-14(2)16-10-11-17(22-3)18(12-16)23-4/h5-14H,1-4H3,(H2,20,21,24). The summed E-state index contributed by atoms with van der Waals surface area (Å²) in [5, 5.41) is 7.24. The molecule has 128 valence electrons. The van der Waals surface area contributed by atoms with E-state index in [9.17, 15) is 0 Å². The molecular formula is C19H24N2O2S. The Kier molecular flexibility index (Phi) is 6.44. The quantitative estimate of drug-likeness (QED) is 0.776. The monoisotopic (exact) mass is 344 g/mol. The van der Waals surface area contributed by atoms with Gasteiger partial charge >= 0.3 is 0 Å². The van der Waals surface area contributed by atoms with E-state index < -0.39 is 0 Å². The molecule has 0 amide bonds. The van der Waals surface area contributed by atoms with Gasteiger partial charge in [-0.3, -0.25) is 0 Å². The fourth-order valence-electron chi connectivity index (χ4n) is 2.47. The molecule has 0 fully saturated rings. The summed E-state index contributed by atoms with van der Waals surface area (Å²) in [6.45, 7) is 4.15. The fourth-order valence-corrected chi connectivity index (χ4v) is 2.82. The number of thiocarbonyl (C=S) groups is 1. The number of hydrogen-bond donors (Lipinski definition) is 2. The summed E-state index contributed by atoms with van der Waals surface area (Å²) in [7, 11) is 3.26. The number of rotatable bonds is 6. The molecule has 4 nitrogen and oxygen atoms in total. The molecule has 2 aromatic rings. The number of methoxy groups -OCH3 is 2. The van der Waals surface area contributed by atoms with Gasteiger partial charge in [0, 0.05) is 0 Å². The van der Waals surface area contributed by atoms with Crippen molar-refractivity contribution >= 4 is 17.3 Å². The number of nitrogens with one attached hydrogen (secondary N) is 2. The Hall–Kier alpha value is -2.27. The molecule has 0 bridgehead atoms. The second-order valence-corrected chi connectivity index (χ2v) is 5.99. The largest absolute Gasteiger partial charge is 0.493 e. The summed E-state index contributed by atoms with van der Waals surface area (Å²) in [5.74, 6) is 1.42. The number of ether oxygens (including phenoxy) is 2. The van der Waals surface area contributed by atoms with Crippen molar-refractivity contribution < 1.29 is 9.47 Å². The Morgan fingerprint density at radius 1 is 0.833 bits per heavy atom. The molecule has 2 rings (SSSR count). The van der Waals surface area contributed by atoms with Gasteiger partial charge in [-0.15, -0.1) is 0 Å². The maximum Gasteiger partial charge on any atom is 0.167 e. The summed E-state index contributed by atoms with van der Waals surface area (Å²) in [6.07, 6.45) is 0. The molecule has 0 radical (unpaired) electrons. The zero-order chi connectivity index (χ0) is 17.5. The van der Waals surface area contributed by atoms with Crippen LogP contribution in [0.3, 0.4) is 0 Å². The molecule has 2 unspecified atom stereocenters. The van der Waals surface area contributed by atoms with E-state index in [1.165, 1.54) is 5.56 Å². The first-order valence-corrected chi connectivity index (χ1v) is 8.30. The summed E-state index contributed by atoms with van der Waals surface area (Å²) in [4.78, 5) is 0. The first kappa shape index (κ1) is 18.1. The summed E-state index contributed by atoms with van der Waals surface area (Å²) >= 11 is 5.44. The van der Waals surface area contributed by atoms with Crippen LogP contribution in [0.4, 0.5) is 0 Å². The SMILES string of the molecule is COc1ccc(C(C)NC(=S)NC(C)c2ccccc2)cc1OC. The zero-order valence-electron chi connectivity index (χ0n) is 14.5. The molecular weight excluding hydrogens is 320 g/mol. The fraction of sp³-hybridized carbons (Fsp3) is 0.316. The topological polar surface area (TPSA) is 42.5 Å². The van der Waals surface area contributed by atoms with Gasteiger partial charge in [0.05, 0.1) is 26.3 Å². The van der Waals surface area contributed by atoms with Crippen molar-refractivity contribution in [2.24, 2.45) is 0 Å². The summed E-state index contributed by atoms with van der Waals surface area (Å²) in [6, 6.07) is 16.3. The van der Waals surface area contributed by atoms with Crippen LogP contribution in [0.2, 0.25) is 0 Å². The van der Waals surface area contributed by atoms with Gasteiger partial charge in [0.15, 0.2) is 16.6 Å². The lowest BCUT2D eigenvalue weighted by molar-refractivity contribution is 0.354. The molecule has 2 aromatic carbocycles. The maximum absolute atomic E-state index is 5.44. The molecule has 0 aliphatic rings. The third-order valence-corrected chi connectivity index (χ3v) is 4.14. The van der Waals surface area contributed by atoms with Crippen LogP contribution in [0.1, 0.15) is 37.1 Å². The predicted molar refractivity (Wildman–Crippen MR) is 102 cm³/mol. The van der Waals surface area contributed by atoms with Crippen LogP contribution in [-0.2, 0) is 0 Å². The van der Waals surface area contributed by atoms with Crippen molar-refractivity contribution in [2.75, 3.05) is 14.2 Å². The van der Waals surface area contributed by atoms with Crippen molar-refractivity contribution in [3.05, 3.63) is 59.7 Å². The Labute approximate surface area is 149 Å². The minimum Gasteiger partial charge on any atom is -0.493 e. The highest BCUT2D eigenvalue weighted by Gasteiger charge is 2.12. The van der Waals surface area contributed by atoms with E-state index in [2.05, 4.69) is 36.6 Å². The van der Waals surface area contributed by atoms with Crippen LogP contribution in [0.5, 0.6) is 11.5 Å². The molecule has 0 aliphatic carbocycles. The van der Waals surface area contributed by atoms with Gasteiger partial charge in [-0.25, -0.2) is 0 Å². The van der Waals surface area contributed by atoms with E-state index in [-0.39, 0.29) is 12.1 Å². The first-order valence-electron chi connectivity index (χ1n) is 7.89. The minimum absolute atomic E-state index is 0.0489.